The van der Waals surface area contributed by atoms with Crippen molar-refractivity contribution in [3.8, 4) is 0 Å². The molecule has 1 aliphatic rings. The van der Waals surface area contributed by atoms with Crippen LogP contribution >= 0.6 is 0 Å². The molecule has 3 rings (SSSR count). The van der Waals surface area contributed by atoms with Gasteiger partial charge in [-0.05, 0) is 26.7 Å². The number of aryl methyl sites for hydroxylation is 2. The van der Waals surface area contributed by atoms with E-state index >= 15 is 0 Å². The molecule has 1 amide bonds. The maximum Gasteiger partial charge on any atom is 0.257 e. The Morgan fingerprint density at radius 3 is 2.72 bits per heavy atom. The fourth-order valence-electron chi connectivity index (χ4n) is 2.46. The number of nitrogens with zero attached hydrogens (tertiary/aromatic N) is 4. The Labute approximate surface area is 105 Å². The second kappa shape index (κ2) is 4.08. The smallest absolute Gasteiger partial charge is 0.257 e. The number of hydrogen-bond acceptors (Lipinski definition) is 3. The third kappa shape index (κ3) is 1.66. The largest absolute Gasteiger partial charge is 0.339 e. The maximum atomic E-state index is 12.4. The van der Waals surface area contributed by atoms with Gasteiger partial charge >= 0.3 is 0 Å². The standard InChI is InChI=1S/C13H16N4O/c1-9-7-12-14-8-11(10(2)17(12)15-9)13(18)16-5-3-4-6-16/h7-8H,3-6H2,1-2H3. The summed E-state index contributed by atoms with van der Waals surface area (Å²) in [6.07, 6.45) is 3.87. The molecule has 3 heterocycles. The van der Waals surface area contributed by atoms with E-state index in [-0.39, 0.29) is 5.91 Å². The van der Waals surface area contributed by atoms with Crippen LogP contribution in [0, 0.1) is 13.8 Å². The van der Waals surface area contributed by atoms with E-state index in [4.69, 9.17) is 0 Å². The van der Waals surface area contributed by atoms with Gasteiger partial charge < -0.3 is 4.90 Å². The molecule has 1 saturated heterocycles. The molecule has 2 aromatic rings. The molecule has 0 spiro atoms. The third-order valence-corrected chi connectivity index (χ3v) is 3.47. The SMILES string of the molecule is Cc1cc2ncc(C(=O)N3CCCC3)c(C)n2n1. The number of likely N-dealkylation sites (tertiary alicyclic amines) is 1. The fourth-order valence-corrected chi connectivity index (χ4v) is 2.46. The molecule has 94 valence electrons. The van der Waals surface area contributed by atoms with Gasteiger partial charge in [-0.2, -0.15) is 5.10 Å². The Morgan fingerprint density at radius 1 is 1.28 bits per heavy atom. The molecular formula is C13H16N4O. The zero-order valence-corrected chi connectivity index (χ0v) is 10.7. The van der Waals surface area contributed by atoms with Crippen LogP contribution in [0.4, 0.5) is 0 Å². The van der Waals surface area contributed by atoms with Gasteiger partial charge in [0.1, 0.15) is 0 Å². The predicted octanol–water partition coefficient (Wildman–Crippen LogP) is 1.58. The highest BCUT2D eigenvalue weighted by molar-refractivity contribution is 5.95. The number of carbonyl (C=O) groups excluding carboxylic acids is 1. The summed E-state index contributed by atoms with van der Waals surface area (Å²) in [4.78, 5) is 18.6. The Balaban J connectivity index is 2.06. The quantitative estimate of drug-likeness (QED) is 0.765. The minimum Gasteiger partial charge on any atom is -0.339 e. The Hall–Kier alpha value is -1.91. The molecule has 18 heavy (non-hydrogen) atoms. The lowest BCUT2D eigenvalue weighted by molar-refractivity contribution is 0.0791. The Bertz CT molecular complexity index is 611. The minimum absolute atomic E-state index is 0.0764. The first-order valence-electron chi connectivity index (χ1n) is 6.28. The van der Waals surface area contributed by atoms with Crippen molar-refractivity contribution < 1.29 is 4.79 Å². The van der Waals surface area contributed by atoms with Gasteiger partial charge in [-0.25, -0.2) is 9.50 Å². The van der Waals surface area contributed by atoms with Crippen LogP contribution < -0.4 is 0 Å². The molecule has 0 bridgehead atoms. The molecule has 1 aliphatic heterocycles. The van der Waals surface area contributed by atoms with Gasteiger partial charge in [-0.1, -0.05) is 0 Å². The van der Waals surface area contributed by atoms with E-state index in [1.165, 1.54) is 0 Å². The summed E-state index contributed by atoms with van der Waals surface area (Å²) in [5.41, 5.74) is 3.23. The third-order valence-electron chi connectivity index (χ3n) is 3.47. The molecule has 5 heteroatoms. The van der Waals surface area contributed by atoms with Crippen LogP contribution in [-0.4, -0.2) is 38.5 Å². The first-order valence-corrected chi connectivity index (χ1v) is 6.28. The molecule has 0 aliphatic carbocycles. The highest BCUT2D eigenvalue weighted by Crippen LogP contribution is 2.16. The fraction of sp³-hybridized carbons (Fsp3) is 0.462. The van der Waals surface area contributed by atoms with Gasteiger partial charge in [0.2, 0.25) is 0 Å². The van der Waals surface area contributed by atoms with Crippen molar-refractivity contribution in [1.82, 2.24) is 19.5 Å². The van der Waals surface area contributed by atoms with Crippen molar-refractivity contribution >= 4 is 11.6 Å². The summed E-state index contributed by atoms with van der Waals surface area (Å²) in [7, 11) is 0. The zero-order chi connectivity index (χ0) is 12.7. The average Bonchev–Trinajstić information content (AvgIpc) is 2.97. The van der Waals surface area contributed by atoms with Gasteiger partial charge in [0.05, 0.1) is 17.0 Å². The van der Waals surface area contributed by atoms with Crippen molar-refractivity contribution in [1.29, 1.82) is 0 Å². The first kappa shape index (κ1) is 11.2. The van der Waals surface area contributed by atoms with Gasteiger partial charge in [0.15, 0.2) is 5.65 Å². The number of fused-ring (bicyclic) bond motifs is 1. The molecule has 0 saturated carbocycles. The first-order chi connectivity index (χ1) is 8.66. The normalized spacial score (nSPS) is 15.6. The van der Waals surface area contributed by atoms with Crippen LogP contribution in [0.2, 0.25) is 0 Å². The lowest BCUT2D eigenvalue weighted by Gasteiger charge is -2.16. The maximum absolute atomic E-state index is 12.4. The van der Waals surface area contributed by atoms with Crippen molar-refractivity contribution in [2.75, 3.05) is 13.1 Å². The van der Waals surface area contributed by atoms with E-state index in [1.54, 1.807) is 10.7 Å². The molecule has 0 atom stereocenters. The summed E-state index contributed by atoms with van der Waals surface area (Å²) >= 11 is 0. The van der Waals surface area contributed by atoms with Crippen LogP contribution in [0.5, 0.6) is 0 Å². The van der Waals surface area contributed by atoms with Crippen molar-refractivity contribution in [2.45, 2.75) is 26.7 Å². The van der Waals surface area contributed by atoms with E-state index in [2.05, 4.69) is 10.1 Å². The number of rotatable bonds is 1. The number of hydrogen-bond donors (Lipinski definition) is 0. The predicted molar refractivity (Wildman–Crippen MR) is 67.6 cm³/mol. The van der Waals surface area contributed by atoms with Crippen LogP contribution in [0.15, 0.2) is 12.3 Å². The lowest BCUT2D eigenvalue weighted by atomic mass is 10.2. The summed E-state index contributed by atoms with van der Waals surface area (Å²) in [6.45, 7) is 5.56. The number of carbonyl (C=O) groups is 1. The second-order valence-corrected chi connectivity index (χ2v) is 4.81. The van der Waals surface area contributed by atoms with Crippen LogP contribution in [0.3, 0.4) is 0 Å². The summed E-state index contributed by atoms with van der Waals surface area (Å²) < 4.78 is 1.75. The zero-order valence-electron chi connectivity index (χ0n) is 10.7. The topological polar surface area (TPSA) is 50.5 Å². The molecule has 5 nitrogen and oxygen atoms in total. The van der Waals surface area contributed by atoms with Crippen LogP contribution in [0.25, 0.3) is 5.65 Å². The highest BCUT2D eigenvalue weighted by Gasteiger charge is 2.22. The van der Waals surface area contributed by atoms with Gasteiger partial charge in [0.25, 0.3) is 5.91 Å². The van der Waals surface area contributed by atoms with Crippen LogP contribution in [0.1, 0.15) is 34.6 Å². The van der Waals surface area contributed by atoms with E-state index in [9.17, 15) is 4.79 Å². The highest BCUT2D eigenvalue weighted by atomic mass is 16.2. The van der Waals surface area contributed by atoms with Gasteiger partial charge in [0, 0.05) is 25.4 Å². The molecule has 0 aromatic carbocycles. The van der Waals surface area contributed by atoms with Gasteiger partial charge in [-0.3, -0.25) is 4.79 Å². The van der Waals surface area contributed by atoms with E-state index in [0.29, 0.717) is 5.56 Å². The minimum atomic E-state index is 0.0764. The monoisotopic (exact) mass is 244 g/mol. The summed E-state index contributed by atoms with van der Waals surface area (Å²) in [5, 5.41) is 4.37. The number of aromatic nitrogens is 3. The molecule has 0 radical (unpaired) electrons. The second-order valence-electron chi connectivity index (χ2n) is 4.81. The number of amides is 1. The van der Waals surface area contributed by atoms with Crippen molar-refractivity contribution in [2.24, 2.45) is 0 Å². The van der Waals surface area contributed by atoms with Crippen LogP contribution in [-0.2, 0) is 0 Å². The summed E-state index contributed by atoms with van der Waals surface area (Å²) in [6, 6.07) is 1.91. The molecule has 0 unspecified atom stereocenters. The average molecular weight is 244 g/mol. The van der Waals surface area contributed by atoms with E-state index in [1.807, 2.05) is 24.8 Å². The molecular weight excluding hydrogens is 228 g/mol. The van der Waals surface area contributed by atoms with Crippen molar-refractivity contribution in [3.63, 3.8) is 0 Å². The lowest BCUT2D eigenvalue weighted by Crippen LogP contribution is -2.29. The Morgan fingerprint density at radius 2 is 2.00 bits per heavy atom. The van der Waals surface area contributed by atoms with E-state index < -0.39 is 0 Å². The Kier molecular flexibility index (Phi) is 2.54. The van der Waals surface area contributed by atoms with E-state index in [0.717, 1.165) is 43.0 Å². The molecule has 1 fully saturated rings. The summed E-state index contributed by atoms with van der Waals surface area (Å²) in [5.74, 6) is 0.0764. The van der Waals surface area contributed by atoms with Crippen molar-refractivity contribution in [3.05, 3.63) is 29.2 Å². The molecule has 0 N–H and O–H groups in total. The van der Waals surface area contributed by atoms with Gasteiger partial charge in [-0.15, -0.1) is 0 Å². The molecule has 2 aromatic heterocycles.